The van der Waals surface area contributed by atoms with Gasteiger partial charge in [0.15, 0.2) is 0 Å². The molecule has 31 heavy (non-hydrogen) atoms. The monoisotopic (exact) mass is 431 g/mol. The van der Waals surface area contributed by atoms with Gasteiger partial charge in [-0.15, -0.1) is 0 Å². The van der Waals surface area contributed by atoms with Crippen LogP contribution in [-0.4, -0.2) is 56.9 Å². The van der Waals surface area contributed by atoms with Crippen molar-refractivity contribution in [3.05, 3.63) is 48.0 Å². The molecular formula is C20H16F3N5O3. The molecule has 2 aliphatic heterocycles. The van der Waals surface area contributed by atoms with Gasteiger partial charge in [-0.25, -0.2) is 18.0 Å². The van der Waals surface area contributed by atoms with E-state index in [4.69, 9.17) is 4.74 Å². The molecule has 2 saturated heterocycles. The average Bonchev–Trinajstić information content (AvgIpc) is 3.41. The fraction of sp³-hybridized carbons (Fsp3) is 0.300. The van der Waals surface area contributed by atoms with Gasteiger partial charge in [0.05, 0.1) is 29.9 Å². The number of amides is 2. The van der Waals surface area contributed by atoms with E-state index in [9.17, 15) is 22.8 Å². The number of carbonyl (C=O) groups excluding carboxylic acids is 2. The standard InChI is InChI=1S/C20H16F3N5O3/c21-13-2-1-10(3-12(13)19(22)23)11-4-16-14(24-5-11)6-25-28(16)9-18(29)27-7-15-17(8-27)31-20(30)26-15/h1-6,15,17,19H,7-9H2,(H,26,30)/t15-,17+/m1/s1. The van der Waals surface area contributed by atoms with E-state index >= 15 is 0 Å². The number of carbonyl (C=O) groups is 2. The van der Waals surface area contributed by atoms with Gasteiger partial charge in [-0.05, 0) is 23.8 Å². The summed E-state index contributed by atoms with van der Waals surface area (Å²) in [5.41, 5.74) is 1.26. The fourth-order valence-electron chi connectivity index (χ4n) is 3.92. The number of benzene rings is 1. The Bertz CT molecular complexity index is 1180. The molecule has 160 valence electrons. The Hall–Kier alpha value is -3.63. The summed E-state index contributed by atoms with van der Waals surface area (Å²) < 4.78 is 46.3. The molecule has 2 fully saturated rings. The third kappa shape index (κ3) is 3.45. The quantitative estimate of drug-likeness (QED) is 0.686. The first-order valence-electron chi connectivity index (χ1n) is 9.53. The van der Waals surface area contributed by atoms with E-state index in [1.54, 1.807) is 11.0 Å². The molecule has 0 spiro atoms. The van der Waals surface area contributed by atoms with Gasteiger partial charge >= 0.3 is 6.09 Å². The van der Waals surface area contributed by atoms with Crippen LogP contribution >= 0.6 is 0 Å². The van der Waals surface area contributed by atoms with E-state index in [-0.39, 0.29) is 24.6 Å². The van der Waals surface area contributed by atoms with Crippen LogP contribution in [0.3, 0.4) is 0 Å². The van der Waals surface area contributed by atoms with Crippen LogP contribution in [0.2, 0.25) is 0 Å². The van der Waals surface area contributed by atoms with Gasteiger partial charge in [0.2, 0.25) is 5.91 Å². The number of likely N-dealkylation sites (tertiary alicyclic amines) is 1. The molecule has 0 saturated carbocycles. The van der Waals surface area contributed by atoms with Crippen LogP contribution in [-0.2, 0) is 16.1 Å². The maximum Gasteiger partial charge on any atom is 0.407 e. The zero-order valence-corrected chi connectivity index (χ0v) is 16.0. The zero-order chi connectivity index (χ0) is 21.7. The molecule has 5 rings (SSSR count). The number of hydrogen-bond acceptors (Lipinski definition) is 5. The van der Waals surface area contributed by atoms with Gasteiger partial charge in [0.25, 0.3) is 6.43 Å². The molecule has 2 aromatic heterocycles. The first-order valence-corrected chi connectivity index (χ1v) is 9.53. The Morgan fingerprint density at radius 1 is 1.23 bits per heavy atom. The highest BCUT2D eigenvalue weighted by Gasteiger charge is 2.43. The van der Waals surface area contributed by atoms with Gasteiger partial charge in [-0.3, -0.25) is 14.5 Å². The number of alkyl carbamates (subject to hydrolysis) is 1. The summed E-state index contributed by atoms with van der Waals surface area (Å²) in [6.45, 7) is 0.592. The van der Waals surface area contributed by atoms with Gasteiger partial charge in [-0.1, -0.05) is 6.07 Å². The maximum absolute atomic E-state index is 13.6. The summed E-state index contributed by atoms with van der Waals surface area (Å²) in [5, 5.41) is 6.87. The van der Waals surface area contributed by atoms with Crippen molar-refractivity contribution in [2.75, 3.05) is 13.1 Å². The minimum atomic E-state index is -2.94. The lowest BCUT2D eigenvalue weighted by atomic mass is 10.0. The van der Waals surface area contributed by atoms with E-state index < -0.39 is 23.9 Å². The summed E-state index contributed by atoms with van der Waals surface area (Å²) in [6, 6.07) is 4.93. The number of halogens is 3. The molecule has 0 unspecified atom stereocenters. The molecule has 1 N–H and O–H groups in total. The highest BCUT2D eigenvalue weighted by atomic mass is 19.3. The summed E-state index contributed by atoms with van der Waals surface area (Å²) in [5.74, 6) is -1.18. The topological polar surface area (TPSA) is 89.4 Å². The van der Waals surface area contributed by atoms with Crippen LogP contribution in [0.4, 0.5) is 18.0 Å². The smallest absolute Gasteiger partial charge is 0.407 e. The Balaban J connectivity index is 1.39. The minimum Gasteiger partial charge on any atom is -0.442 e. The number of hydrogen-bond donors (Lipinski definition) is 1. The second-order valence-electron chi connectivity index (χ2n) is 7.46. The van der Waals surface area contributed by atoms with Crippen molar-refractivity contribution < 1.29 is 27.5 Å². The van der Waals surface area contributed by atoms with Crippen molar-refractivity contribution in [3.8, 4) is 11.1 Å². The predicted molar refractivity (Wildman–Crippen MR) is 102 cm³/mol. The Morgan fingerprint density at radius 2 is 2.06 bits per heavy atom. The number of fused-ring (bicyclic) bond motifs is 2. The van der Waals surface area contributed by atoms with E-state index in [0.29, 0.717) is 35.2 Å². The normalized spacial score (nSPS) is 20.3. The molecule has 11 heteroatoms. The number of aromatic nitrogens is 3. The van der Waals surface area contributed by atoms with Crippen LogP contribution in [0.15, 0.2) is 36.7 Å². The number of ether oxygens (including phenoxy) is 1. The molecular weight excluding hydrogens is 415 g/mol. The fourth-order valence-corrected chi connectivity index (χ4v) is 3.92. The summed E-state index contributed by atoms with van der Waals surface area (Å²) in [7, 11) is 0. The van der Waals surface area contributed by atoms with Gasteiger partial charge in [0, 0.05) is 18.3 Å². The summed E-state index contributed by atoms with van der Waals surface area (Å²) >= 11 is 0. The average molecular weight is 431 g/mol. The highest BCUT2D eigenvalue weighted by molar-refractivity contribution is 5.83. The molecule has 0 radical (unpaired) electrons. The third-order valence-electron chi connectivity index (χ3n) is 5.52. The zero-order valence-electron chi connectivity index (χ0n) is 16.0. The second-order valence-corrected chi connectivity index (χ2v) is 7.46. The molecule has 2 aliphatic rings. The highest BCUT2D eigenvalue weighted by Crippen LogP contribution is 2.29. The SMILES string of the molecule is O=C1N[C@@H]2CN(C(=O)Cn3ncc4ncc(-c5ccc(F)c(C(F)F)c5)cc43)C[C@@H]2O1. The molecule has 3 aromatic rings. The Labute approximate surface area is 173 Å². The van der Waals surface area contributed by atoms with Gasteiger partial charge in [-0.2, -0.15) is 5.10 Å². The number of pyridine rings is 1. The predicted octanol–water partition coefficient (Wildman–Crippen LogP) is 2.49. The van der Waals surface area contributed by atoms with Crippen molar-refractivity contribution >= 4 is 23.0 Å². The van der Waals surface area contributed by atoms with Crippen molar-refractivity contribution in [1.82, 2.24) is 25.0 Å². The van der Waals surface area contributed by atoms with E-state index in [2.05, 4.69) is 15.4 Å². The number of alkyl halides is 2. The number of nitrogens with one attached hydrogen (secondary N) is 1. The molecule has 1 aromatic carbocycles. The maximum atomic E-state index is 13.6. The lowest BCUT2D eigenvalue weighted by molar-refractivity contribution is -0.131. The van der Waals surface area contributed by atoms with E-state index in [0.717, 1.165) is 12.1 Å². The first-order chi connectivity index (χ1) is 14.9. The summed E-state index contributed by atoms with van der Waals surface area (Å²) in [4.78, 5) is 29.8. The van der Waals surface area contributed by atoms with Gasteiger partial charge in [0.1, 0.15) is 24.0 Å². The molecule has 2 amide bonds. The van der Waals surface area contributed by atoms with Crippen molar-refractivity contribution in [2.24, 2.45) is 0 Å². The number of rotatable bonds is 4. The van der Waals surface area contributed by atoms with E-state index in [1.165, 1.54) is 23.1 Å². The third-order valence-corrected chi connectivity index (χ3v) is 5.52. The van der Waals surface area contributed by atoms with Crippen LogP contribution in [0, 0.1) is 5.82 Å². The van der Waals surface area contributed by atoms with Crippen LogP contribution in [0.25, 0.3) is 22.2 Å². The van der Waals surface area contributed by atoms with Crippen LogP contribution in [0.1, 0.15) is 12.0 Å². The minimum absolute atomic E-state index is 0.0618. The first kappa shape index (κ1) is 19.3. The van der Waals surface area contributed by atoms with E-state index in [1.807, 2.05) is 0 Å². The number of nitrogens with zero attached hydrogens (tertiary/aromatic N) is 4. The Morgan fingerprint density at radius 3 is 2.84 bits per heavy atom. The van der Waals surface area contributed by atoms with Gasteiger partial charge < -0.3 is 15.0 Å². The molecule has 8 nitrogen and oxygen atoms in total. The Kier molecular flexibility index (Phi) is 4.53. The summed E-state index contributed by atoms with van der Waals surface area (Å²) in [6.07, 6.45) is -0.783. The molecule has 2 atom stereocenters. The van der Waals surface area contributed by atoms with Crippen molar-refractivity contribution in [2.45, 2.75) is 25.1 Å². The molecule has 0 aliphatic carbocycles. The van der Waals surface area contributed by atoms with Crippen LogP contribution in [0.5, 0.6) is 0 Å². The molecule has 0 bridgehead atoms. The molecule has 4 heterocycles. The second kappa shape index (κ2) is 7.25. The van der Waals surface area contributed by atoms with Crippen molar-refractivity contribution in [3.63, 3.8) is 0 Å². The van der Waals surface area contributed by atoms with Crippen LogP contribution < -0.4 is 5.32 Å². The lowest BCUT2D eigenvalue weighted by Crippen LogP contribution is -2.37. The lowest BCUT2D eigenvalue weighted by Gasteiger charge is -2.17. The largest absolute Gasteiger partial charge is 0.442 e. The van der Waals surface area contributed by atoms with Crippen molar-refractivity contribution in [1.29, 1.82) is 0 Å².